The molecular formula is C16H19ClN2O4S. The van der Waals surface area contributed by atoms with Gasteiger partial charge in [-0.3, -0.25) is 9.59 Å². The van der Waals surface area contributed by atoms with E-state index in [-0.39, 0.29) is 35.8 Å². The molecule has 2 aliphatic rings. The molecule has 0 aromatic heterocycles. The van der Waals surface area contributed by atoms with Crippen molar-refractivity contribution in [3.8, 4) is 0 Å². The van der Waals surface area contributed by atoms with E-state index in [2.05, 4.69) is 5.32 Å². The van der Waals surface area contributed by atoms with Crippen LogP contribution in [0.4, 0.5) is 0 Å². The largest absolute Gasteiger partial charge is 0.352 e. The number of carbonyl (C=O) groups is 2. The Balaban J connectivity index is 1.56. The molecule has 2 unspecified atom stereocenters. The Hall–Kier alpha value is -1.60. The summed E-state index contributed by atoms with van der Waals surface area (Å²) < 4.78 is 22.9. The molecule has 2 aliphatic heterocycles. The van der Waals surface area contributed by atoms with Crippen LogP contribution in [-0.4, -0.2) is 49.2 Å². The Morgan fingerprint density at radius 1 is 1.29 bits per heavy atom. The molecule has 130 valence electrons. The van der Waals surface area contributed by atoms with Gasteiger partial charge in [0.1, 0.15) is 0 Å². The second-order valence-electron chi connectivity index (χ2n) is 6.41. The first-order valence-corrected chi connectivity index (χ1v) is 10.1. The number of rotatable bonds is 4. The summed E-state index contributed by atoms with van der Waals surface area (Å²) in [5.41, 5.74) is 0.954. The topological polar surface area (TPSA) is 83.5 Å². The quantitative estimate of drug-likeness (QED) is 0.856. The van der Waals surface area contributed by atoms with E-state index in [1.165, 1.54) is 0 Å². The highest BCUT2D eigenvalue weighted by atomic mass is 35.5. The number of sulfone groups is 1. The van der Waals surface area contributed by atoms with Gasteiger partial charge in [0.05, 0.1) is 17.4 Å². The normalized spacial score (nSPS) is 25.9. The van der Waals surface area contributed by atoms with Gasteiger partial charge in [-0.25, -0.2) is 8.42 Å². The minimum absolute atomic E-state index is 0.00606. The van der Waals surface area contributed by atoms with Crippen molar-refractivity contribution in [1.82, 2.24) is 10.2 Å². The fourth-order valence-electron chi connectivity index (χ4n) is 3.14. The number of amides is 2. The van der Waals surface area contributed by atoms with E-state index in [0.717, 1.165) is 5.56 Å². The number of halogens is 1. The molecule has 8 heteroatoms. The highest BCUT2D eigenvalue weighted by Gasteiger charge is 2.36. The van der Waals surface area contributed by atoms with Crippen LogP contribution in [0.5, 0.6) is 0 Å². The molecule has 0 bridgehead atoms. The van der Waals surface area contributed by atoms with Gasteiger partial charge in [0.25, 0.3) is 0 Å². The summed E-state index contributed by atoms with van der Waals surface area (Å²) in [4.78, 5) is 26.1. The predicted octanol–water partition coefficient (Wildman–Crippen LogP) is 0.992. The lowest BCUT2D eigenvalue weighted by Gasteiger charge is -2.18. The number of likely N-dealkylation sites (tertiary alicyclic amines) is 1. The van der Waals surface area contributed by atoms with Crippen LogP contribution >= 0.6 is 11.6 Å². The van der Waals surface area contributed by atoms with Crippen molar-refractivity contribution in [3.63, 3.8) is 0 Å². The molecule has 0 aliphatic carbocycles. The third-order valence-corrected chi connectivity index (χ3v) is 6.47. The maximum absolute atomic E-state index is 12.3. The SMILES string of the molecule is O=C(NC1CCS(=O)(=O)C1)C1CC(=O)N(Cc2ccc(Cl)cc2)C1. The van der Waals surface area contributed by atoms with E-state index in [4.69, 9.17) is 11.6 Å². The van der Waals surface area contributed by atoms with Gasteiger partial charge in [-0.15, -0.1) is 0 Å². The summed E-state index contributed by atoms with van der Waals surface area (Å²) in [6.45, 7) is 0.796. The lowest BCUT2D eigenvalue weighted by Crippen LogP contribution is -2.40. The molecule has 24 heavy (non-hydrogen) atoms. The van der Waals surface area contributed by atoms with Crippen LogP contribution < -0.4 is 5.32 Å². The van der Waals surface area contributed by atoms with E-state index in [0.29, 0.717) is 24.5 Å². The van der Waals surface area contributed by atoms with Crippen LogP contribution in [0.25, 0.3) is 0 Å². The van der Waals surface area contributed by atoms with E-state index in [1.54, 1.807) is 17.0 Å². The monoisotopic (exact) mass is 370 g/mol. The van der Waals surface area contributed by atoms with Crippen LogP contribution in [0, 0.1) is 5.92 Å². The Kier molecular flexibility index (Phi) is 4.83. The van der Waals surface area contributed by atoms with Crippen LogP contribution in [0.2, 0.25) is 5.02 Å². The molecule has 2 fully saturated rings. The zero-order valence-electron chi connectivity index (χ0n) is 13.1. The molecule has 6 nitrogen and oxygen atoms in total. The molecule has 0 saturated carbocycles. The van der Waals surface area contributed by atoms with Crippen molar-refractivity contribution < 1.29 is 18.0 Å². The number of nitrogens with zero attached hydrogens (tertiary/aromatic N) is 1. The van der Waals surface area contributed by atoms with Gasteiger partial charge >= 0.3 is 0 Å². The van der Waals surface area contributed by atoms with Crippen LogP contribution in [0.1, 0.15) is 18.4 Å². The van der Waals surface area contributed by atoms with Crippen molar-refractivity contribution in [2.75, 3.05) is 18.1 Å². The van der Waals surface area contributed by atoms with Gasteiger partial charge in [0.15, 0.2) is 9.84 Å². The van der Waals surface area contributed by atoms with Gasteiger partial charge in [0, 0.05) is 30.6 Å². The van der Waals surface area contributed by atoms with Crippen molar-refractivity contribution in [1.29, 1.82) is 0 Å². The van der Waals surface area contributed by atoms with E-state index in [1.807, 2.05) is 12.1 Å². The van der Waals surface area contributed by atoms with E-state index in [9.17, 15) is 18.0 Å². The minimum atomic E-state index is -3.03. The summed E-state index contributed by atoms with van der Waals surface area (Å²) in [5, 5.41) is 3.41. The number of carbonyl (C=O) groups excluding carboxylic acids is 2. The van der Waals surface area contributed by atoms with Gasteiger partial charge in [0.2, 0.25) is 11.8 Å². The summed E-state index contributed by atoms with van der Waals surface area (Å²) >= 11 is 5.85. The highest BCUT2D eigenvalue weighted by Crippen LogP contribution is 2.22. The molecular weight excluding hydrogens is 352 g/mol. The maximum Gasteiger partial charge on any atom is 0.225 e. The molecule has 2 atom stereocenters. The average Bonchev–Trinajstić information content (AvgIpc) is 3.04. The molecule has 2 heterocycles. The minimum Gasteiger partial charge on any atom is -0.352 e. The summed E-state index contributed by atoms with van der Waals surface area (Å²) in [6, 6.07) is 6.91. The first-order valence-electron chi connectivity index (χ1n) is 7.85. The third-order valence-electron chi connectivity index (χ3n) is 4.45. The van der Waals surface area contributed by atoms with E-state index >= 15 is 0 Å². The first-order chi connectivity index (χ1) is 11.3. The Morgan fingerprint density at radius 2 is 2.00 bits per heavy atom. The molecule has 0 radical (unpaired) electrons. The summed E-state index contributed by atoms with van der Waals surface area (Å²) in [6.07, 6.45) is 0.613. The van der Waals surface area contributed by atoms with Gasteiger partial charge < -0.3 is 10.2 Å². The Bertz CT molecular complexity index is 748. The lowest BCUT2D eigenvalue weighted by atomic mass is 10.1. The summed E-state index contributed by atoms with van der Waals surface area (Å²) in [7, 11) is -3.03. The second-order valence-corrected chi connectivity index (χ2v) is 9.08. The third kappa shape index (κ3) is 4.08. The van der Waals surface area contributed by atoms with E-state index < -0.39 is 15.8 Å². The fourth-order valence-corrected chi connectivity index (χ4v) is 4.94. The second kappa shape index (κ2) is 6.72. The maximum atomic E-state index is 12.3. The van der Waals surface area contributed by atoms with Crippen molar-refractivity contribution in [2.24, 2.45) is 5.92 Å². The Labute approximate surface area is 146 Å². The zero-order chi connectivity index (χ0) is 17.3. The smallest absolute Gasteiger partial charge is 0.225 e. The van der Waals surface area contributed by atoms with Gasteiger partial charge in [-0.1, -0.05) is 23.7 Å². The first kappa shape index (κ1) is 17.2. The zero-order valence-corrected chi connectivity index (χ0v) is 14.6. The van der Waals surface area contributed by atoms with Gasteiger partial charge in [-0.2, -0.15) is 0 Å². The molecule has 2 saturated heterocycles. The highest BCUT2D eigenvalue weighted by molar-refractivity contribution is 7.91. The van der Waals surface area contributed by atoms with Gasteiger partial charge in [-0.05, 0) is 24.1 Å². The van der Waals surface area contributed by atoms with Crippen LogP contribution in [0.3, 0.4) is 0 Å². The van der Waals surface area contributed by atoms with Crippen LogP contribution in [-0.2, 0) is 26.0 Å². The molecule has 1 aromatic carbocycles. The van der Waals surface area contributed by atoms with Crippen molar-refractivity contribution >= 4 is 33.3 Å². The number of hydrogen-bond acceptors (Lipinski definition) is 4. The number of hydrogen-bond donors (Lipinski definition) is 1. The standard InChI is InChI=1S/C16H19ClN2O4S/c17-13-3-1-11(2-4-13)8-19-9-12(7-15(19)20)16(21)18-14-5-6-24(22,23)10-14/h1-4,12,14H,5-10H2,(H,18,21). The summed E-state index contributed by atoms with van der Waals surface area (Å²) in [5.74, 6) is -0.612. The number of nitrogens with one attached hydrogen (secondary N) is 1. The lowest BCUT2D eigenvalue weighted by molar-refractivity contribution is -0.129. The average molecular weight is 371 g/mol. The fraction of sp³-hybridized carbons (Fsp3) is 0.500. The molecule has 1 aromatic rings. The Morgan fingerprint density at radius 3 is 2.62 bits per heavy atom. The molecule has 3 rings (SSSR count). The van der Waals surface area contributed by atoms with Crippen molar-refractivity contribution in [2.45, 2.75) is 25.4 Å². The molecule has 2 amide bonds. The molecule has 0 spiro atoms. The number of benzene rings is 1. The molecule has 1 N–H and O–H groups in total. The van der Waals surface area contributed by atoms with Crippen molar-refractivity contribution in [3.05, 3.63) is 34.9 Å². The predicted molar refractivity (Wildman–Crippen MR) is 90.2 cm³/mol. The van der Waals surface area contributed by atoms with Crippen LogP contribution in [0.15, 0.2) is 24.3 Å².